The van der Waals surface area contributed by atoms with Gasteiger partial charge in [-0.1, -0.05) is 6.07 Å². The van der Waals surface area contributed by atoms with Crippen LogP contribution in [0.4, 0.5) is 17.2 Å². The van der Waals surface area contributed by atoms with Gasteiger partial charge in [-0.15, -0.1) is 11.3 Å². The molecule has 0 radical (unpaired) electrons. The summed E-state index contributed by atoms with van der Waals surface area (Å²) in [6.07, 6.45) is 1.54. The van der Waals surface area contributed by atoms with Crippen molar-refractivity contribution in [1.29, 1.82) is 0 Å². The summed E-state index contributed by atoms with van der Waals surface area (Å²) in [4.78, 5) is 4.14. The zero-order valence-electron chi connectivity index (χ0n) is 14.1. The number of methoxy groups -OCH3 is 2. The maximum atomic E-state index is 12.2. The smallest absolute Gasteiger partial charge is 0.272 e. The number of ether oxygens (including phenoxy) is 2. The third kappa shape index (κ3) is 4.06. The summed E-state index contributed by atoms with van der Waals surface area (Å²) >= 11 is 1.15. The fourth-order valence-corrected chi connectivity index (χ4v) is 4.21. The Morgan fingerprint density at radius 3 is 2.38 bits per heavy atom. The molecule has 0 aliphatic rings. The second-order valence-electron chi connectivity index (χ2n) is 5.16. The first kappa shape index (κ1) is 18.0. The van der Waals surface area contributed by atoms with Crippen LogP contribution in [0.15, 0.2) is 58.3 Å². The Morgan fingerprint density at radius 2 is 1.77 bits per heavy atom. The highest BCUT2D eigenvalue weighted by molar-refractivity contribution is 7.94. The molecular weight excluding hydrogens is 374 g/mol. The number of thiophene rings is 1. The van der Waals surface area contributed by atoms with Crippen molar-refractivity contribution in [2.24, 2.45) is 0 Å². The topological polar surface area (TPSA) is 89.6 Å². The molecule has 9 heteroatoms. The summed E-state index contributed by atoms with van der Waals surface area (Å²) in [5, 5.41) is 4.88. The van der Waals surface area contributed by atoms with E-state index in [1.54, 1.807) is 62.2 Å². The molecule has 0 bridgehead atoms. The first-order chi connectivity index (χ1) is 12.5. The van der Waals surface area contributed by atoms with Crippen molar-refractivity contribution < 1.29 is 17.9 Å². The van der Waals surface area contributed by atoms with Gasteiger partial charge >= 0.3 is 0 Å². The van der Waals surface area contributed by atoms with Gasteiger partial charge in [-0.05, 0) is 35.7 Å². The lowest BCUT2D eigenvalue weighted by molar-refractivity contribution is 0.355. The molecule has 26 heavy (non-hydrogen) atoms. The van der Waals surface area contributed by atoms with Gasteiger partial charge < -0.3 is 14.8 Å². The molecule has 3 rings (SSSR count). The van der Waals surface area contributed by atoms with Crippen LogP contribution >= 0.6 is 11.3 Å². The normalized spacial score (nSPS) is 11.0. The molecule has 0 unspecified atom stereocenters. The fourth-order valence-electron chi connectivity index (χ4n) is 2.21. The molecule has 0 fully saturated rings. The van der Waals surface area contributed by atoms with E-state index in [0.717, 1.165) is 17.0 Å². The number of aromatic nitrogens is 1. The number of nitrogens with zero attached hydrogens (tertiary/aromatic N) is 1. The van der Waals surface area contributed by atoms with Crippen molar-refractivity contribution in [1.82, 2.24) is 4.98 Å². The minimum absolute atomic E-state index is 0.242. The van der Waals surface area contributed by atoms with Gasteiger partial charge in [-0.2, -0.15) is 0 Å². The van der Waals surface area contributed by atoms with E-state index in [-0.39, 0.29) is 10.0 Å². The standard InChI is InChI=1S/C17H17N3O4S2/c1-23-14-7-5-12(10-15(14)24-2)19-13-6-8-16(18-11-13)20-26(21,22)17-4-3-9-25-17/h3-11,19H,1-2H3,(H,18,20). The summed E-state index contributed by atoms with van der Waals surface area (Å²) in [6, 6.07) is 12.0. The molecule has 0 saturated carbocycles. The van der Waals surface area contributed by atoms with E-state index in [1.807, 2.05) is 6.07 Å². The van der Waals surface area contributed by atoms with Crippen LogP contribution in [0.25, 0.3) is 0 Å². The molecule has 0 atom stereocenters. The molecule has 0 aliphatic heterocycles. The minimum Gasteiger partial charge on any atom is -0.493 e. The lowest BCUT2D eigenvalue weighted by atomic mass is 10.2. The average molecular weight is 391 g/mol. The number of nitrogens with one attached hydrogen (secondary N) is 2. The number of pyridine rings is 1. The van der Waals surface area contributed by atoms with Crippen molar-refractivity contribution >= 4 is 38.6 Å². The van der Waals surface area contributed by atoms with Gasteiger partial charge in [0.25, 0.3) is 10.0 Å². The first-order valence-electron chi connectivity index (χ1n) is 7.53. The predicted molar refractivity (Wildman–Crippen MR) is 102 cm³/mol. The Hall–Kier alpha value is -2.78. The molecule has 0 amide bonds. The van der Waals surface area contributed by atoms with Gasteiger partial charge in [-0.25, -0.2) is 13.4 Å². The quantitative estimate of drug-likeness (QED) is 0.638. The van der Waals surface area contributed by atoms with Crippen molar-refractivity contribution in [3.63, 3.8) is 0 Å². The molecular formula is C17H17N3O4S2. The summed E-state index contributed by atoms with van der Waals surface area (Å²) in [5.41, 5.74) is 1.49. The van der Waals surface area contributed by atoms with Gasteiger partial charge in [0.15, 0.2) is 11.5 Å². The Labute approximate surface area is 155 Å². The van der Waals surface area contributed by atoms with E-state index in [2.05, 4.69) is 15.0 Å². The van der Waals surface area contributed by atoms with E-state index in [1.165, 1.54) is 0 Å². The molecule has 0 aliphatic carbocycles. The van der Waals surface area contributed by atoms with Crippen molar-refractivity contribution in [3.05, 3.63) is 54.0 Å². The maximum absolute atomic E-state index is 12.2. The third-order valence-corrected chi connectivity index (χ3v) is 6.19. The van der Waals surface area contributed by atoms with E-state index in [4.69, 9.17) is 9.47 Å². The molecule has 2 heterocycles. The van der Waals surface area contributed by atoms with Crippen molar-refractivity contribution in [2.45, 2.75) is 4.21 Å². The highest BCUT2D eigenvalue weighted by Crippen LogP contribution is 2.31. The summed E-state index contributed by atoms with van der Waals surface area (Å²) in [5.74, 6) is 1.48. The number of hydrogen-bond donors (Lipinski definition) is 2. The number of anilines is 3. The molecule has 1 aromatic carbocycles. The second-order valence-corrected chi connectivity index (χ2v) is 8.02. The Bertz CT molecular complexity index is 972. The second kappa shape index (κ2) is 7.63. The van der Waals surface area contributed by atoms with Crippen LogP contribution in [-0.2, 0) is 10.0 Å². The summed E-state index contributed by atoms with van der Waals surface area (Å²) in [7, 11) is -0.462. The molecule has 136 valence electrons. The average Bonchev–Trinajstić information content (AvgIpc) is 3.19. The SMILES string of the molecule is COc1ccc(Nc2ccc(NS(=O)(=O)c3cccs3)nc2)cc1OC. The van der Waals surface area contributed by atoms with Gasteiger partial charge in [-0.3, -0.25) is 4.72 Å². The van der Waals surface area contributed by atoms with Gasteiger partial charge in [0.2, 0.25) is 0 Å². The Balaban J connectivity index is 1.72. The Morgan fingerprint density at radius 1 is 1.00 bits per heavy atom. The van der Waals surface area contributed by atoms with Crippen LogP contribution in [0.1, 0.15) is 0 Å². The number of rotatable bonds is 7. The van der Waals surface area contributed by atoms with Crippen LogP contribution in [0, 0.1) is 0 Å². The van der Waals surface area contributed by atoms with Gasteiger partial charge in [0.05, 0.1) is 26.1 Å². The molecule has 2 N–H and O–H groups in total. The minimum atomic E-state index is -3.60. The molecule has 0 saturated heterocycles. The van der Waals surface area contributed by atoms with Crippen molar-refractivity contribution in [2.75, 3.05) is 24.3 Å². The Kier molecular flexibility index (Phi) is 5.29. The molecule has 3 aromatic rings. The van der Waals surface area contributed by atoms with E-state index >= 15 is 0 Å². The van der Waals surface area contributed by atoms with Crippen molar-refractivity contribution in [3.8, 4) is 11.5 Å². The van der Waals surface area contributed by atoms with E-state index < -0.39 is 10.0 Å². The fraction of sp³-hybridized carbons (Fsp3) is 0.118. The largest absolute Gasteiger partial charge is 0.493 e. The number of sulfonamides is 1. The molecule has 0 spiro atoms. The molecule has 2 aromatic heterocycles. The zero-order valence-corrected chi connectivity index (χ0v) is 15.7. The molecule has 7 nitrogen and oxygen atoms in total. The number of hydrogen-bond acceptors (Lipinski definition) is 7. The van der Waals surface area contributed by atoms with Crippen LogP contribution in [-0.4, -0.2) is 27.6 Å². The van der Waals surface area contributed by atoms with Crippen LogP contribution < -0.4 is 19.5 Å². The van der Waals surface area contributed by atoms with E-state index in [0.29, 0.717) is 17.2 Å². The monoisotopic (exact) mass is 391 g/mol. The lowest BCUT2D eigenvalue weighted by Crippen LogP contribution is -2.12. The lowest BCUT2D eigenvalue weighted by Gasteiger charge is -2.11. The first-order valence-corrected chi connectivity index (χ1v) is 9.89. The summed E-state index contributed by atoms with van der Waals surface area (Å²) < 4.78 is 37.5. The highest BCUT2D eigenvalue weighted by Gasteiger charge is 2.15. The zero-order chi connectivity index (χ0) is 18.6. The van der Waals surface area contributed by atoms with Crippen LogP contribution in [0.2, 0.25) is 0 Å². The predicted octanol–water partition coefficient (Wildman–Crippen LogP) is 3.70. The van der Waals surface area contributed by atoms with Gasteiger partial charge in [0.1, 0.15) is 10.0 Å². The van der Waals surface area contributed by atoms with Crippen LogP contribution in [0.5, 0.6) is 11.5 Å². The van der Waals surface area contributed by atoms with Crippen LogP contribution in [0.3, 0.4) is 0 Å². The maximum Gasteiger partial charge on any atom is 0.272 e. The number of benzene rings is 1. The van der Waals surface area contributed by atoms with Gasteiger partial charge in [0, 0.05) is 11.8 Å². The van der Waals surface area contributed by atoms with E-state index in [9.17, 15) is 8.42 Å². The summed E-state index contributed by atoms with van der Waals surface area (Å²) in [6.45, 7) is 0. The highest BCUT2D eigenvalue weighted by atomic mass is 32.2. The third-order valence-electron chi connectivity index (χ3n) is 3.43.